The number of rotatable bonds is 4. The Morgan fingerprint density at radius 2 is 1.05 bits per heavy atom. The van der Waals surface area contributed by atoms with Crippen molar-refractivity contribution in [3.8, 4) is 0 Å². The van der Waals surface area contributed by atoms with Crippen LogP contribution in [0.15, 0.2) is 60.7 Å². The molecule has 0 aromatic heterocycles. The predicted octanol–water partition coefficient (Wildman–Crippen LogP) is 4.26. The van der Waals surface area contributed by atoms with Crippen LogP contribution >= 0.6 is 0 Å². The molecular formula is C17H12F2O. The highest BCUT2D eigenvalue weighted by Gasteiger charge is 1.93. The normalized spacial score (nSPS) is 11.3. The Hall–Kier alpha value is -2.55. The highest BCUT2D eigenvalue weighted by molar-refractivity contribution is 6.04. The molecule has 0 atom stereocenters. The summed E-state index contributed by atoms with van der Waals surface area (Å²) in [4.78, 5) is 11.6. The number of carbonyl (C=O) groups excluding carboxylic acids is 1. The highest BCUT2D eigenvalue weighted by Crippen LogP contribution is 2.06. The van der Waals surface area contributed by atoms with Gasteiger partial charge in [-0.25, -0.2) is 8.78 Å². The van der Waals surface area contributed by atoms with Gasteiger partial charge in [0.05, 0.1) is 0 Å². The molecule has 0 heterocycles. The van der Waals surface area contributed by atoms with E-state index in [-0.39, 0.29) is 17.4 Å². The lowest BCUT2D eigenvalue weighted by molar-refractivity contribution is -0.110. The molecule has 2 aromatic carbocycles. The van der Waals surface area contributed by atoms with E-state index >= 15 is 0 Å². The monoisotopic (exact) mass is 270 g/mol. The van der Waals surface area contributed by atoms with Gasteiger partial charge in [-0.1, -0.05) is 36.4 Å². The van der Waals surface area contributed by atoms with E-state index in [0.717, 1.165) is 11.1 Å². The molecule has 20 heavy (non-hydrogen) atoms. The van der Waals surface area contributed by atoms with Crippen LogP contribution in [-0.2, 0) is 4.79 Å². The van der Waals surface area contributed by atoms with Crippen LogP contribution in [0.1, 0.15) is 11.1 Å². The molecule has 0 aliphatic heterocycles. The molecule has 0 unspecified atom stereocenters. The minimum absolute atomic E-state index is 0.196. The summed E-state index contributed by atoms with van der Waals surface area (Å²) in [5, 5.41) is 0. The number of hydrogen-bond acceptors (Lipinski definition) is 1. The molecule has 0 radical (unpaired) electrons. The van der Waals surface area contributed by atoms with E-state index in [0.29, 0.717) is 0 Å². The smallest absolute Gasteiger partial charge is 0.178 e. The van der Waals surface area contributed by atoms with Crippen molar-refractivity contribution in [1.29, 1.82) is 0 Å². The number of hydrogen-bond donors (Lipinski definition) is 0. The maximum absolute atomic E-state index is 12.7. The van der Waals surface area contributed by atoms with Crippen molar-refractivity contribution in [2.45, 2.75) is 0 Å². The molecule has 0 fully saturated rings. The van der Waals surface area contributed by atoms with Crippen molar-refractivity contribution in [1.82, 2.24) is 0 Å². The van der Waals surface area contributed by atoms with Gasteiger partial charge in [0.1, 0.15) is 11.6 Å². The summed E-state index contributed by atoms with van der Waals surface area (Å²) in [6, 6.07) is 11.7. The second-order valence-electron chi connectivity index (χ2n) is 4.17. The Morgan fingerprint density at radius 1 is 0.700 bits per heavy atom. The van der Waals surface area contributed by atoms with Gasteiger partial charge in [0.15, 0.2) is 5.78 Å². The van der Waals surface area contributed by atoms with E-state index in [1.165, 1.54) is 36.4 Å². The van der Waals surface area contributed by atoms with E-state index < -0.39 is 0 Å². The van der Waals surface area contributed by atoms with Gasteiger partial charge >= 0.3 is 0 Å². The Kier molecular flexibility index (Phi) is 4.56. The molecule has 0 spiro atoms. The third kappa shape index (κ3) is 4.28. The highest BCUT2D eigenvalue weighted by atomic mass is 19.1. The SMILES string of the molecule is O=C(/C=C/c1ccc(F)cc1)/C=C/c1ccc(F)cc1. The fraction of sp³-hybridized carbons (Fsp3) is 0. The molecule has 0 N–H and O–H groups in total. The molecule has 0 saturated carbocycles. The lowest BCUT2D eigenvalue weighted by Crippen LogP contribution is -1.85. The van der Waals surface area contributed by atoms with Crippen molar-refractivity contribution in [2.75, 3.05) is 0 Å². The summed E-state index contributed by atoms with van der Waals surface area (Å²) in [6.07, 6.45) is 6.01. The molecular weight excluding hydrogens is 258 g/mol. The molecule has 0 bridgehead atoms. The van der Waals surface area contributed by atoms with Gasteiger partial charge in [0, 0.05) is 0 Å². The van der Waals surface area contributed by atoms with Crippen molar-refractivity contribution < 1.29 is 13.6 Å². The average Bonchev–Trinajstić information content (AvgIpc) is 2.46. The van der Waals surface area contributed by atoms with E-state index in [2.05, 4.69) is 0 Å². The first-order valence-electron chi connectivity index (χ1n) is 6.05. The lowest BCUT2D eigenvalue weighted by Gasteiger charge is -1.93. The van der Waals surface area contributed by atoms with Gasteiger partial charge in [-0.05, 0) is 47.5 Å². The largest absolute Gasteiger partial charge is 0.290 e. The summed E-state index contributed by atoms with van der Waals surface area (Å²) in [7, 11) is 0. The number of carbonyl (C=O) groups is 1. The van der Waals surface area contributed by atoms with E-state index in [1.807, 2.05) is 0 Å². The Labute approximate surface area is 115 Å². The molecule has 0 saturated heterocycles. The van der Waals surface area contributed by atoms with Gasteiger partial charge < -0.3 is 0 Å². The Balaban J connectivity index is 1.98. The fourth-order valence-corrected chi connectivity index (χ4v) is 1.56. The first-order valence-corrected chi connectivity index (χ1v) is 6.05. The van der Waals surface area contributed by atoms with Crippen LogP contribution < -0.4 is 0 Å². The topological polar surface area (TPSA) is 17.1 Å². The first kappa shape index (κ1) is 13.9. The van der Waals surface area contributed by atoms with Gasteiger partial charge in [0.2, 0.25) is 0 Å². The third-order valence-electron chi connectivity index (χ3n) is 2.62. The van der Waals surface area contributed by atoms with E-state index in [1.54, 1.807) is 36.4 Å². The molecule has 100 valence electrons. The van der Waals surface area contributed by atoms with Crippen molar-refractivity contribution in [2.24, 2.45) is 0 Å². The summed E-state index contributed by atoms with van der Waals surface area (Å²) in [6.45, 7) is 0. The van der Waals surface area contributed by atoms with Crippen LogP contribution in [0.4, 0.5) is 8.78 Å². The van der Waals surface area contributed by atoms with Gasteiger partial charge in [-0.15, -0.1) is 0 Å². The molecule has 0 amide bonds. The molecule has 2 aromatic rings. The first-order chi connectivity index (χ1) is 9.63. The maximum Gasteiger partial charge on any atom is 0.178 e. The van der Waals surface area contributed by atoms with Crippen LogP contribution in [0.3, 0.4) is 0 Å². The zero-order chi connectivity index (χ0) is 14.4. The standard InChI is InChI=1S/C17H12F2O/c18-15-7-1-13(2-8-15)5-11-17(20)12-6-14-3-9-16(19)10-4-14/h1-12H/b11-5+,12-6+. The molecule has 2 rings (SSSR count). The molecule has 0 aliphatic carbocycles. The summed E-state index contributed by atoms with van der Waals surface area (Å²) >= 11 is 0. The minimum atomic E-state index is -0.315. The van der Waals surface area contributed by atoms with Gasteiger partial charge in [-0.2, -0.15) is 0 Å². The van der Waals surface area contributed by atoms with Crippen LogP contribution in [0.2, 0.25) is 0 Å². The van der Waals surface area contributed by atoms with Gasteiger partial charge in [-0.3, -0.25) is 4.79 Å². The minimum Gasteiger partial charge on any atom is -0.290 e. The fourth-order valence-electron chi connectivity index (χ4n) is 1.56. The number of halogens is 2. The maximum atomic E-state index is 12.7. The second kappa shape index (κ2) is 6.57. The summed E-state index contributed by atoms with van der Waals surface area (Å²) in [5.41, 5.74) is 1.49. The van der Waals surface area contributed by atoms with Crippen LogP contribution in [0.25, 0.3) is 12.2 Å². The summed E-state index contributed by atoms with van der Waals surface area (Å²) < 4.78 is 25.4. The van der Waals surface area contributed by atoms with Crippen molar-refractivity contribution >= 4 is 17.9 Å². The van der Waals surface area contributed by atoms with Crippen LogP contribution in [0, 0.1) is 11.6 Å². The number of allylic oxidation sites excluding steroid dienone is 2. The average molecular weight is 270 g/mol. The quantitative estimate of drug-likeness (QED) is 0.759. The summed E-state index contributed by atoms with van der Waals surface area (Å²) in [5.74, 6) is -0.826. The zero-order valence-corrected chi connectivity index (χ0v) is 10.6. The van der Waals surface area contributed by atoms with Gasteiger partial charge in [0.25, 0.3) is 0 Å². The van der Waals surface area contributed by atoms with E-state index in [4.69, 9.17) is 0 Å². The molecule has 1 nitrogen and oxygen atoms in total. The number of ketones is 1. The van der Waals surface area contributed by atoms with Crippen LogP contribution in [0.5, 0.6) is 0 Å². The third-order valence-corrected chi connectivity index (χ3v) is 2.62. The number of benzene rings is 2. The molecule has 3 heteroatoms. The van der Waals surface area contributed by atoms with Crippen molar-refractivity contribution in [3.63, 3.8) is 0 Å². The zero-order valence-electron chi connectivity index (χ0n) is 10.6. The molecule has 0 aliphatic rings. The lowest BCUT2D eigenvalue weighted by atomic mass is 10.1. The van der Waals surface area contributed by atoms with E-state index in [9.17, 15) is 13.6 Å². The predicted molar refractivity (Wildman–Crippen MR) is 75.9 cm³/mol. The van der Waals surface area contributed by atoms with Crippen molar-refractivity contribution in [3.05, 3.63) is 83.4 Å². The van der Waals surface area contributed by atoms with Crippen LogP contribution in [-0.4, -0.2) is 5.78 Å². The Bertz CT molecular complexity index is 580. The second-order valence-corrected chi connectivity index (χ2v) is 4.17. The Morgan fingerprint density at radius 3 is 1.40 bits per heavy atom.